The van der Waals surface area contributed by atoms with Crippen molar-refractivity contribution in [3.05, 3.63) is 44.7 Å². The number of hydrogen-bond acceptors (Lipinski definition) is 4. The summed E-state index contributed by atoms with van der Waals surface area (Å²) >= 11 is 7.50. The van der Waals surface area contributed by atoms with Gasteiger partial charge in [-0.2, -0.15) is 4.99 Å². The lowest BCUT2D eigenvalue weighted by Crippen LogP contribution is -2.21. The Hall–Kier alpha value is -1.63. The van der Waals surface area contributed by atoms with Crippen molar-refractivity contribution in [3.8, 4) is 5.75 Å². The first-order valence-electron chi connectivity index (χ1n) is 7.74. The van der Waals surface area contributed by atoms with Crippen LogP contribution in [0.3, 0.4) is 0 Å². The van der Waals surface area contributed by atoms with Gasteiger partial charge in [-0.1, -0.05) is 11.6 Å². The number of amides is 1. The Bertz CT molecular complexity index is 806. The molecule has 1 atom stereocenters. The zero-order chi connectivity index (χ0) is 17.1. The molecule has 1 aromatic carbocycles. The number of aromatic nitrogens is 1. The standard InChI is InChI=1S/C17H19ClN2O3S/c1-11-8-20(9-12-5-6-23-10-12)17(24-11)19-16(21)14-7-13(18)3-4-15(14)22-2/h3-4,7-8,12H,5-6,9-10H2,1-2H3. The smallest absolute Gasteiger partial charge is 0.283 e. The van der Waals surface area contributed by atoms with E-state index >= 15 is 0 Å². The van der Waals surface area contributed by atoms with Gasteiger partial charge in [0.25, 0.3) is 5.91 Å². The number of rotatable bonds is 4. The predicted molar refractivity (Wildman–Crippen MR) is 93.9 cm³/mol. The van der Waals surface area contributed by atoms with Crippen molar-refractivity contribution in [3.63, 3.8) is 0 Å². The number of hydrogen-bond donors (Lipinski definition) is 0. The highest BCUT2D eigenvalue weighted by molar-refractivity contribution is 7.09. The van der Waals surface area contributed by atoms with E-state index in [1.807, 2.05) is 17.7 Å². The molecule has 0 radical (unpaired) electrons. The van der Waals surface area contributed by atoms with E-state index in [1.54, 1.807) is 18.2 Å². The number of thiazole rings is 1. The molecule has 1 amide bonds. The molecule has 2 aromatic rings. The van der Waals surface area contributed by atoms with Crippen molar-refractivity contribution in [2.45, 2.75) is 19.9 Å². The fourth-order valence-electron chi connectivity index (χ4n) is 2.72. The van der Waals surface area contributed by atoms with Crippen LogP contribution < -0.4 is 9.54 Å². The molecule has 1 aliphatic heterocycles. The normalized spacial score (nSPS) is 18.1. The number of carbonyl (C=O) groups excluding carboxylic acids is 1. The van der Waals surface area contributed by atoms with E-state index in [0.717, 1.165) is 31.1 Å². The molecule has 2 heterocycles. The van der Waals surface area contributed by atoms with E-state index in [9.17, 15) is 4.79 Å². The number of methoxy groups -OCH3 is 1. The number of benzene rings is 1. The molecular weight excluding hydrogens is 348 g/mol. The van der Waals surface area contributed by atoms with Crippen molar-refractivity contribution >= 4 is 28.8 Å². The molecule has 0 saturated carbocycles. The van der Waals surface area contributed by atoms with Crippen LogP contribution >= 0.6 is 22.9 Å². The van der Waals surface area contributed by atoms with Gasteiger partial charge in [-0.15, -0.1) is 11.3 Å². The van der Waals surface area contributed by atoms with Crippen LogP contribution in [-0.4, -0.2) is 30.8 Å². The minimum absolute atomic E-state index is 0.354. The SMILES string of the molecule is COc1ccc(Cl)cc1C(=O)N=c1sc(C)cn1CC1CCOC1. The van der Waals surface area contributed by atoms with E-state index < -0.39 is 0 Å². The molecule has 5 nitrogen and oxygen atoms in total. The van der Waals surface area contributed by atoms with Gasteiger partial charge in [-0.05, 0) is 31.5 Å². The first-order chi connectivity index (χ1) is 11.6. The number of carbonyl (C=O) groups is 1. The maximum atomic E-state index is 12.6. The second-order valence-corrected chi connectivity index (χ2v) is 7.42. The minimum atomic E-state index is -0.354. The maximum absolute atomic E-state index is 12.6. The lowest BCUT2D eigenvalue weighted by molar-refractivity contribution is 0.0994. The largest absolute Gasteiger partial charge is 0.496 e. The topological polar surface area (TPSA) is 52.8 Å². The highest BCUT2D eigenvalue weighted by atomic mass is 35.5. The Morgan fingerprint density at radius 2 is 2.38 bits per heavy atom. The van der Waals surface area contributed by atoms with Gasteiger partial charge >= 0.3 is 0 Å². The molecular formula is C17H19ClN2O3S. The lowest BCUT2D eigenvalue weighted by Gasteiger charge is -2.08. The molecule has 0 bridgehead atoms. The van der Waals surface area contributed by atoms with Crippen molar-refractivity contribution in [2.75, 3.05) is 20.3 Å². The summed E-state index contributed by atoms with van der Waals surface area (Å²) in [6.07, 6.45) is 3.07. The summed E-state index contributed by atoms with van der Waals surface area (Å²) in [6, 6.07) is 4.95. The molecule has 1 saturated heterocycles. The number of aryl methyl sites for hydroxylation is 1. The highest BCUT2D eigenvalue weighted by Gasteiger charge is 2.18. The summed E-state index contributed by atoms with van der Waals surface area (Å²) in [5.74, 6) is 0.582. The predicted octanol–water partition coefficient (Wildman–Crippen LogP) is 3.30. The molecule has 1 fully saturated rings. The van der Waals surface area contributed by atoms with Crippen LogP contribution in [0.15, 0.2) is 29.4 Å². The second kappa shape index (κ2) is 7.51. The molecule has 1 aromatic heterocycles. The first kappa shape index (κ1) is 17.2. The zero-order valence-corrected chi connectivity index (χ0v) is 15.2. The van der Waals surface area contributed by atoms with Gasteiger partial charge in [-0.25, -0.2) is 0 Å². The van der Waals surface area contributed by atoms with Gasteiger partial charge in [0.1, 0.15) is 5.75 Å². The molecule has 128 valence electrons. The average molecular weight is 367 g/mol. The van der Waals surface area contributed by atoms with Gasteiger partial charge in [0.15, 0.2) is 4.80 Å². The molecule has 0 aliphatic carbocycles. The second-order valence-electron chi connectivity index (χ2n) is 5.77. The van der Waals surface area contributed by atoms with Crippen LogP contribution in [0.1, 0.15) is 21.7 Å². The van der Waals surface area contributed by atoms with Crippen LogP contribution in [0.5, 0.6) is 5.75 Å². The van der Waals surface area contributed by atoms with Crippen LogP contribution in [-0.2, 0) is 11.3 Å². The number of halogens is 1. The molecule has 3 rings (SSSR count). The molecule has 24 heavy (non-hydrogen) atoms. The summed E-state index contributed by atoms with van der Waals surface area (Å²) in [6.45, 7) is 4.38. The Morgan fingerprint density at radius 1 is 1.54 bits per heavy atom. The van der Waals surface area contributed by atoms with Crippen molar-refractivity contribution in [1.29, 1.82) is 0 Å². The van der Waals surface area contributed by atoms with E-state index in [-0.39, 0.29) is 5.91 Å². The van der Waals surface area contributed by atoms with Gasteiger partial charge < -0.3 is 14.0 Å². The van der Waals surface area contributed by atoms with E-state index in [1.165, 1.54) is 18.4 Å². The van der Waals surface area contributed by atoms with Crippen LogP contribution in [0, 0.1) is 12.8 Å². The summed E-state index contributed by atoms with van der Waals surface area (Å²) in [4.78, 5) is 18.7. The zero-order valence-electron chi connectivity index (χ0n) is 13.6. The Morgan fingerprint density at radius 3 is 3.08 bits per heavy atom. The van der Waals surface area contributed by atoms with Crippen LogP contribution in [0.4, 0.5) is 0 Å². The lowest BCUT2D eigenvalue weighted by atomic mass is 10.1. The average Bonchev–Trinajstić information content (AvgIpc) is 3.18. The van der Waals surface area contributed by atoms with Crippen LogP contribution in [0.25, 0.3) is 0 Å². The van der Waals surface area contributed by atoms with Gasteiger partial charge in [0, 0.05) is 35.2 Å². The third-order valence-electron chi connectivity index (χ3n) is 3.90. The summed E-state index contributed by atoms with van der Waals surface area (Å²) in [5, 5.41) is 0.479. The first-order valence-corrected chi connectivity index (χ1v) is 8.93. The molecule has 0 spiro atoms. The van der Waals surface area contributed by atoms with Crippen molar-refractivity contribution < 1.29 is 14.3 Å². The van der Waals surface area contributed by atoms with E-state index in [2.05, 4.69) is 4.99 Å². The minimum Gasteiger partial charge on any atom is -0.496 e. The third-order valence-corrected chi connectivity index (χ3v) is 5.07. The van der Waals surface area contributed by atoms with Crippen molar-refractivity contribution in [2.24, 2.45) is 10.9 Å². The molecule has 7 heteroatoms. The monoisotopic (exact) mass is 366 g/mol. The Labute approximate surface area is 149 Å². The van der Waals surface area contributed by atoms with Gasteiger partial charge in [0.05, 0.1) is 19.3 Å². The van der Waals surface area contributed by atoms with Gasteiger partial charge in [-0.3, -0.25) is 4.79 Å². The molecule has 1 aliphatic rings. The summed E-state index contributed by atoms with van der Waals surface area (Å²) in [7, 11) is 1.52. The fraction of sp³-hybridized carbons (Fsp3) is 0.412. The Balaban J connectivity index is 1.93. The number of ether oxygens (including phenoxy) is 2. The van der Waals surface area contributed by atoms with E-state index in [4.69, 9.17) is 21.1 Å². The molecule has 1 unspecified atom stereocenters. The van der Waals surface area contributed by atoms with Gasteiger partial charge in [0.2, 0.25) is 0 Å². The van der Waals surface area contributed by atoms with Crippen molar-refractivity contribution in [1.82, 2.24) is 4.57 Å². The summed E-state index contributed by atoms with van der Waals surface area (Å²) in [5.41, 5.74) is 0.367. The summed E-state index contributed by atoms with van der Waals surface area (Å²) < 4.78 is 12.7. The maximum Gasteiger partial charge on any atom is 0.283 e. The number of nitrogens with zero attached hydrogens (tertiary/aromatic N) is 2. The third kappa shape index (κ3) is 3.88. The van der Waals surface area contributed by atoms with Crippen LogP contribution in [0.2, 0.25) is 5.02 Å². The highest BCUT2D eigenvalue weighted by Crippen LogP contribution is 2.23. The molecule has 0 N–H and O–H groups in total. The fourth-order valence-corrected chi connectivity index (χ4v) is 3.73. The van der Waals surface area contributed by atoms with E-state index in [0.29, 0.717) is 27.1 Å². The quantitative estimate of drug-likeness (QED) is 0.834. The Kier molecular flexibility index (Phi) is 5.38.